The third-order valence-corrected chi connectivity index (χ3v) is 2.90. The summed E-state index contributed by atoms with van der Waals surface area (Å²) in [6.45, 7) is 4.09. The zero-order chi connectivity index (χ0) is 14.5. The fourth-order valence-electron chi connectivity index (χ4n) is 2.00. The molecule has 0 fully saturated rings. The molecule has 2 rings (SSSR count). The molecule has 0 saturated carbocycles. The molecule has 0 amide bonds. The van der Waals surface area contributed by atoms with Crippen LogP contribution in [0.15, 0.2) is 41.8 Å². The van der Waals surface area contributed by atoms with Crippen LogP contribution in [0.5, 0.6) is 0 Å². The SMILES string of the molecule is C=CNC1=CC(/N=C(/N)c2ccc(COC)n2NC)N1. The van der Waals surface area contributed by atoms with Crippen molar-refractivity contribution in [3.05, 3.63) is 48.2 Å². The summed E-state index contributed by atoms with van der Waals surface area (Å²) < 4.78 is 6.99. The highest BCUT2D eigenvalue weighted by molar-refractivity contribution is 5.96. The fraction of sp³-hybridized carbons (Fsp3) is 0.308. The molecule has 0 spiro atoms. The number of ether oxygens (including phenoxy) is 1. The molecule has 7 heteroatoms. The lowest BCUT2D eigenvalue weighted by Gasteiger charge is -2.25. The maximum atomic E-state index is 6.05. The van der Waals surface area contributed by atoms with Crippen LogP contribution in [0.3, 0.4) is 0 Å². The van der Waals surface area contributed by atoms with E-state index in [0.717, 1.165) is 17.2 Å². The number of hydrogen-bond acceptors (Lipinski definition) is 5. The van der Waals surface area contributed by atoms with Crippen molar-refractivity contribution < 1.29 is 4.74 Å². The zero-order valence-corrected chi connectivity index (χ0v) is 11.7. The van der Waals surface area contributed by atoms with E-state index in [4.69, 9.17) is 10.5 Å². The van der Waals surface area contributed by atoms with Gasteiger partial charge >= 0.3 is 0 Å². The molecule has 1 atom stereocenters. The Labute approximate surface area is 118 Å². The molecule has 1 aromatic heterocycles. The minimum Gasteiger partial charge on any atom is -0.382 e. The zero-order valence-electron chi connectivity index (χ0n) is 11.7. The molecule has 1 unspecified atom stereocenters. The van der Waals surface area contributed by atoms with Gasteiger partial charge in [-0.15, -0.1) is 0 Å². The van der Waals surface area contributed by atoms with Crippen molar-refractivity contribution in [1.29, 1.82) is 0 Å². The number of amidine groups is 1. The molecule has 5 N–H and O–H groups in total. The number of aromatic nitrogens is 1. The molecule has 7 nitrogen and oxygen atoms in total. The van der Waals surface area contributed by atoms with Crippen LogP contribution < -0.4 is 21.8 Å². The van der Waals surface area contributed by atoms with Crippen LogP contribution in [0, 0.1) is 0 Å². The van der Waals surface area contributed by atoms with Gasteiger partial charge in [-0.1, -0.05) is 6.58 Å². The summed E-state index contributed by atoms with van der Waals surface area (Å²) >= 11 is 0. The molecule has 1 aliphatic heterocycles. The van der Waals surface area contributed by atoms with Crippen LogP contribution in [0.1, 0.15) is 11.4 Å². The summed E-state index contributed by atoms with van der Waals surface area (Å²) in [6, 6.07) is 3.86. The topological polar surface area (TPSA) is 88.6 Å². The minimum absolute atomic E-state index is 0.122. The van der Waals surface area contributed by atoms with Crippen molar-refractivity contribution in [3.63, 3.8) is 0 Å². The largest absolute Gasteiger partial charge is 0.382 e. The lowest BCUT2D eigenvalue weighted by molar-refractivity contribution is 0.179. The number of nitrogens with one attached hydrogen (secondary N) is 3. The first kappa shape index (κ1) is 14.0. The molecule has 0 bridgehead atoms. The molecular formula is C13H20N6O. The van der Waals surface area contributed by atoms with Gasteiger partial charge in [0.1, 0.15) is 23.5 Å². The van der Waals surface area contributed by atoms with E-state index in [2.05, 4.69) is 27.6 Å². The lowest BCUT2D eigenvalue weighted by atomic mass is 10.3. The van der Waals surface area contributed by atoms with Crippen LogP contribution in [0.4, 0.5) is 0 Å². The van der Waals surface area contributed by atoms with Gasteiger partial charge in [0.15, 0.2) is 0 Å². The van der Waals surface area contributed by atoms with Gasteiger partial charge in [-0.05, 0) is 18.3 Å². The van der Waals surface area contributed by atoms with Crippen molar-refractivity contribution in [2.45, 2.75) is 12.8 Å². The van der Waals surface area contributed by atoms with Crippen LogP contribution in [-0.4, -0.2) is 30.8 Å². The second kappa shape index (κ2) is 6.16. The molecule has 2 heterocycles. The van der Waals surface area contributed by atoms with Crippen molar-refractivity contribution in [3.8, 4) is 0 Å². The number of rotatable bonds is 7. The second-order valence-corrected chi connectivity index (χ2v) is 4.23. The maximum absolute atomic E-state index is 6.05. The van der Waals surface area contributed by atoms with Gasteiger partial charge in [0.2, 0.25) is 0 Å². The van der Waals surface area contributed by atoms with E-state index in [0.29, 0.717) is 12.4 Å². The van der Waals surface area contributed by atoms with Crippen molar-refractivity contribution in [2.24, 2.45) is 10.7 Å². The molecule has 1 aromatic rings. The number of hydrogen-bond donors (Lipinski definition) is 4. The third kappa shape index (κ3) is 2.77. The van der Waals surface area contributed by atoms with E-state index in [1.165, 1.54) is 0 Å². The predicted octanol–water partition coefficient (Wildman–Crippen LogP) is 0.0169. The van der Waals surface area contributed by atoms with Gasteiger partial charge in [0.25, 0.3) is 0 Å². The van der Waals surface area contributed by atoms with E-state index in [1.807, 2.05) is 29.9 Å². The van der Waals surface area contributed by atoms with Gasteiger partial charge in [-0.3, -0.25) is 4.68 Å². The number of aliphatic imine (C=N–C) groups is 1. The molecule has 0 aromatic carbocycles. The van der Waals surface area contributed by atoms with E-state index in [1.54, 1.807) is 13.3 Å². The average molecular weight is 276 g/mol. The smallest absolute Gasteiger partial charge is 0.147 e. The Morgan fingerprint density at radius 2 is 2.40 bits per heavy atom. The van der Waals surface area contributed by atoms with Gasteiger partial charge in [0.05, 0.1) is 12.3 Å². The molecular weight excluding hydrogens is 256 g/mol. The number of nitrogens with zero attached hydrogens (tertiary/aromatic N) is 2. The van der Waals surface area contributed by atoms with Gasteiger partial charge in [-0.2, -0.15) is 0 Å². The van der Waals surface area contributed by atoms with E-state index in [-0.39, 0.29) is 6.17 Å². The molecule has 20 heavy (non-hydrogen) atoms. The predicted molar refractivity (Wildman–Crippen MR) is 79.5 cm³/mol. The van der Waals surface area contributed by atoms with Gasteiger partial charge in [0, 0.05) is 20.2 Å². The monoisotopic (exact) mass is 276 g/mol. The Morgan fingerprint density at radius 3 is 3.00 bits per heavy atom. The summed E-state index contributed by atoms with van der Waals surface area (Å²) in [7, 11) is 3.48. The summed E-state index contributed by atoms with van der Waals surface area (Å²) in [5.74, 6) is 1.33. The van der Waals surface area contributed by atoms with Crippen LogP contribution >= 0.6 is 0 Å². The Balaban J connectivity index is 2.13. The van der Waals surface area contributed by atoms with Gasteiger partial charge in [-0.25, -0.2) is 4.99 Å². The average Bonchev–Trinajstić information content (AvgIpc) is 2.79. The quantitative estimate of drug-likeness (QED) is 0.416. The van der Waals surface area contributed by atoms with Crippen molar-refractivity contribution in [2.75, 3.05) is 19.6 Å². The molecule has 108 valence electrons. The number of nitrogens with two attached hydrogens (primary N) is 1. The Morgan fingerprint density at radius 1 is 1.65 bits per heavy atom. The lowest BCUT2D eigenvalue weighted by Crippen LogP contribution is -2.41. The highest BCUT2D eigenvalue weighted by Gasteiger charge is 2.18. The first-order valence-corrected chi connectivity index (χ1v) is 6.26. The summed E-state index contributed by atoms with van der Waals surface area (Å²) in [6.07, 6.45) is 3.41. The molecule has 0 saturated heterocycles. The molecule has 0 radical (unpaired) electrons. The van der Waals surface area contributed by atoms with Gasteiger partial charge < -0.3 is 26.5 Å². The Kier molecular flexibility index (Phi) is 4.31. The van der Waals surface area contributed by atoms with E-state index < -0.39 is 0 Å². The number of methoxy groups -OCH3 is 1. The van der Waals surface area contributed by atoms with Crippen molar-refractivity contribution >= 4 is 5.84 Å². The van der Waals surface area contributed by atoms with Crippen molar-refractivity contribution in [1.82, 2.24) is 15.3 Å². The summed E-state index contributed by atoms with van der Waals surface area (Å²) in [5, 5.41) is 6.05. The second-order valence-electron chi connectivity index (χ2n) is 4.23. The Hall–Kier alpha value is -2.41. The van der Waals surface area contributed by atoms with Crippen LogP contribution in [0.2, 0.25) is 0 Å². The minimum atomic E-state index is -0.122. The third-order valence-electron chi connectivity index (χ3n) is 2.90. The normalized spacial score (nSPS) is 17.8. The molecule has 1 aliphatic rings. The van der Waals surface area contributed by atoms with Crippen LogP contribution in [-0.2, 0) is 11.3 Å². The van der Waals surface area contributed by atoms with E-state index in [9.17, 15) is 0 Å². The first-order chi connectivity index (χ1) is 9.69. The van der Waals surface area contributed by atoms with E-state index >= 15 is 0 Å². The molecule has 0 aliphatic carbocycles. The highest BCUT2D eigenvalue weighted by atomic mass is 16.5. The Bertz CT molecular complexity index is 545. The fourth-order valence-corrected chi connectivity index (χ4v) is 2.00. The first-order valence-electron chi connectivity index (χ1n) is 6.26. The highest BCUT2D eigenvalue weighted by Crippen LogP contribution is 2.11. The van der Waals surface area contributed by atoms with Crippen LogP contribution in [0.25, 0.3) is 0 Å². The maximum Gasteiger partial charge on any atom is 0.147 e. The standard InChI is InChI=1S/C13H20N6O/c1-4-16-11-7-12(17-11)18-13(14)10-6-5-9(8-20-3)19(10)15-2/h4-7,12,15-17H,1,8H2,2-3H3,(H2,14,18). The summed E-state index contributed by atoms with van der Waals surface area (Å²) in [4.78, 5) is 4.40. The summed E-state index contributed by atoms with van der Waals surface area (Å²) in [5.41, 5.74) is 10.9.